The molecule has 0 spiro atoms. The molecule has 1 aliphatic heterocycles. The van der Waals surface area contributed by atoms with Crippen molar-refractivity contribution >= 4 is 39.2 Å². The van der Waals surface area contributed by atoms with Gasteiger partial charge in [0.25, 0.3) is 5.56 Å². The summed E-state index contributed by atoms with van der Waals surface area (Å²) in [5.41, 5.74) is 2.74. The van der Waals surface area contributed by atoms with E-state index in [0.717, 1.165) is 42.6 Å². The lowest BCUT2D eigenvalue weighted by Crippen LogP contribution is -2.29. The van der Waals surface area contributed by atoms with Crippen LogP contribution in [0.3, 0.4) is 0 Å². The molecule has 0 saturated carbocycles. The third-order valence-electron chi connectivity index (χ3n) is 4.83. The van der Waals surface area contributed by atoms with Crippen LogP contribution in [0.25, 0.3) is 21.3 Å². The maximum atomic E-state index is 13.0. The number of carbonyl (C=O) groups is 1. The first kappa shape index (κ1) is 18.3. The Morgan fingerprint density at radius 3 is 2.67 bits per heavy atom. The van der Waals surface area contributed by atoms with E-state index in [1.807, 2.05) is 47.5 Å². The second-order valence-corrected chi connectivity index (χ2v) is 8.34. The van der Waals surface area contributed by atoms with Crippen LogP contribution in [-0.4, -0.2) is 39.2 Å². The lowest BCUT2D eigenvalue weighted by Gasteiger charge is -2.15. The summed E-state index contributed by atoms with van der Waals surface area (Å²) in [6, 6.07) is 9.99. The fourth-order valence-electron chi connectivity index (χ4n) is 3.38. The Balaban J connectivity index is 1.70. The molecule has 5 nitrogen and oxygen atoms in total. The van der Waals surface area contributed by atoms with E-state index in [4.69, 9.17) is 4.98 Å². The summed E-state index contributed by atoms with van der Waals surface area (Å²) in [6.45, 7) is 4.16. The first-order valence-corrected chi connectivity index (χ1v) is 11.0. The molecule has 2 aromatic heterocycles. The standard InChI is InChI=1S/C20H21N3O2S2/c1-2-23-19(25)18-17(15(12-26-18)14-8-4-3-5-9-14)21-20(23)27-13-16(24)22-10-6-7-11-22/h3-5,8-9,12H,2,6-7,10-11,13H2,1H3. The normalized spacial score (nSPS) is 14.2. The van der Waals surface area contributed by atoms with Crippen LogP contribution in [0, 0.1) is 0 Å². The maximum Gasteiger partial charge on any atom is 0.272 e. The number of carbonyl (C=O) groups excluding carboxylic acids is 1. The van der Waals surface area contributed by atoms with E-state index in [1.54, 1.807) is 4.57 Å². The number of nitrogens with zero attached hydrogens (tertiary/aromatic N) is 3. The minimum absolute atomic E-state index is 0.0224. The van der Waals surface area contributed by atoms with Crippen LogP contribution in [0.15, 0.2) is 45.7 Å². The number of likely N-dealkylation sites (tertiary alicyclic amines) is 1. The smallest absolute Gasteiger partial charge is 0.272 e. The Morgan fingerprint density at radius 1 is 1.22 bits per heavy atom. The molecule has 7 heteroatoms. The van der Waals surface area contributed by atoms with Crippen molar-refractivity contribution in [3.05, 3.63) is 46.1 Å². The van der Waals surface area contributed by atoms with E-state index in [1.165, 1.54) is 23.1 Å². The summed E-state index contributed by atoms with van der Waals surface area (Å²) < 4.78 is 2.35. The number of thioether (sulfide) groups is 1. The summed E-state index contributed by atoms with van der Waals surface area (Å²) in [4.78, 5) is 32.1. The highest BCUT2D eigenvalue weighted by Crippen LogP contribution is 2.32. The van der Waals surface area contributed by atoms with Gasteiger partial charge in [0, 0.05) is 30.6 Å². The molecule has 1 aromatic carbocycles. The van der Waals surface area contributed by atoms with Gasteiger partial charge in [0.15, 0.2) is 5.16 Å². The summed E-state index contributed by atoms with van der Waals surface area (Å²) in [6.07, 6.45) is 2.16. The Hall–Kier alpha value is -2.12. The van der Waals surface area contributed by atoms with E-state index in [0.29, 0.717) is 22.2 Å². The molecule has 1 fully saturated rings. The molecule has 27 heavy (non-hydrogen) atoms. The predicted octanol–water partition coefficient (Wildman–Crippen LogP) is 3.86. The predicted molar refractivity (Wildman–Crippen MR) is 112 cm³/mol. The highest BCUT2D eigenvalue weighted by molar-refractivity contribution is 7.99. The van der Waals surface area contributed by atoms with Crippen molar-refractivity contribution in [2.24, 2.45) is 0 Å². The first-order valence-electron chi connectivity index (χ1n) is 9.17. The Labute approximate surface area is 166 Å². The van der Waals surface area contributed by atoms with Gasteiger partial charge >= 0.3 is 0 Å². The number of rotatable bonds is 5. The van der Waals surface area contributed by atoms with Gasteiger partial charge < -0.3 is 4.90 Å². The van der Waals surface area contributed by atoms with E-state index in [9.17, 15) is 9.59 Å². The summed E-state index contributed by atoms with van der Waals surface area (Å²) >= 11 is 2.81. The first-order chi connectivity index (χ1) is 13.2. The van der Waals surface area contributed by atoms with Gasteiger partial charge in [-0.3, -0.25) is 14.2 Å². The van der Waals surface area contributed by atoms with Gasteiger partial charge in [-0.05, 0) is 25.3 Å². The van der Waals surface area contributed by atoms with Crippen LogP contribution >= 0.6 is 23.1 Å². The van der Waals surface area contributed by atoms with Gasteiger partial charge in [-0.25, -0.2) is 4.98 Å². The van der Waals surface area contributed by atoms with Gasteiger partial charge in [-0.2, -0.15) is 0 Å². The number of amides is 1. The van der Waals surface area contributed by atoms with E-state index in [-0.39, 0.29) is 11.5 Å². The molecule has 4 rings (SSSR count). The zero-order chi connectivity index (χ0) is 18.8. The number of hydrogen-bond donors (Lipinski definition) is 0. The number of thiophene rings is 1. The van der Waals surface area contributed by atoms with E-state index < -0.39 is 0 Å². The summed E-state index contributed by atoms with van der Waals surface area (Å²) in [5.74, 6) is 0.450. The van der Waals surface area contributed by atoms with E-state index in [2.05, 4.69) is 0 Å². The lowest BCUT2D eigenvalue weighted by molar-refractivity contribution is -0.127. The summed E-state index contributed by atoms with van der Waals surface area (Å²) in [5, 5.41) is 2.62. The lowest BCUT2D eigenvalue weighted by atomic mass is 10.1. The molecule has 0 atom stereocenters. The molecular weight excluding hydrogens is 378 g/mol. The minimum atomic E-state index is -0.0224. The topological polar surface area (TPSA) is 55.2 Å². The molecule has 3 aromatic rings. The number of hydrogen-bond acceptors (Lipinski definition) is 5. The molecule has 140 valence electrons. The number of fused-ring (bicyclic) bond motifs is 1. The molecule has 1 aliphatic rings. The number of aromatic nitrogens is 2. The maximum absolute atomic E-state index is 13.0. The average molecular weight is 400 g/mol. The van der Waals surface area contributed by atoms with Gasteiger partial charge in [0.1, 0.15) is 4.70 Å². The fraction of sp³-hybridized carbons (Fsp3) is 0.350. The van der Waals surface area contributed by atoms with Gasteiger partial charge in [0.05, 0.1) is 11.3 Å². The average Bonchev–Trinajstić information content (AvgIpc) is 3.37. The molecule has 1 saturated heterocycles. The monoisotopic (exact) mass is 399 g/mol. The Morgan fingerprint density at radius 2 is 1.96 bits per heavy atom. The molecular formula is C20H21N3O2S2. The second kappa shape index (κ2) is 7.86. The summed E-state index contributed by atoms with van der Waals surface area (Å²) in [7, 11) is 0. The highest BCUT2D eigenvalue weighted by Gasteiger charge is 2.20. The molecule has 0 radical (unpaired) electrons. The quantitative estimate of drug-likeness (QED) is 0.483. The minimum Gasteiger partial charge on any atom is -0.342 e. The van der Waals surface area contributed by atoms with Crippen molar-refractivity contribution in [1.82, 2.24) is 14.5 Å². The Kier molecular flexibility index (Phi) is 5.31. The zero-order valence-corrected chi connectivity index (χ0v) is 16.8. The number of benzene rings is 1. The van der Waals surface area contributed by atoms with E-state index >= 15 is 0 Å². The molecule has 0 N–H and O–H groups in total. The van der Waals surface area contributed by atoms with Crippen LogP contribution in [0.4, 0.5) is 0 Å². The zero-order valence-electron chi connectivity index (χ0n) is 15.2. The van der Waals surface area contributed by atoms with Gasteiger partial charge in [-0.1, -0.05) is 42.1 Å². The van der Waals surface area contributed by atoms with Gasteiger partial charge in [0.2, 0.25) is 5.91 Å². The largest absolute Gasteiger partial charge is 0.342 e. The van der Waals surface area contributed by atoms with Gasteiger partial charge in [-0.15, -0.1) is 11.3 Å². The molecule has 3 heterocycles. The van der Waals surface area contributed by atoms with Crippen LogP contribution in [0.1, 0.15) is 19.8 Å². The van der Waals surface area contributed by atoms with Crippen LogP contribution < -0.4 is 5.56 Å². The van der Waals surface area contributed by atoms with Crippen LogP contribution in [-0.2, 0) is 11.3 Å². The van der Waals surface area contributed by atoms with Crippen LogP contribution in [0.5, 0.6) is 0 Å². The van der Waals surface area contributed by atoms with Crippen molar-refractivity contribution < 1.29 is 4.79 Å². The van der Waals surface area contributed by atoms with Crippen molar-refractivity contribution in [3.8, 4) is 11.1 Å². The van der Waals surface area contributed by atoms with Crippen molar-refractivity contribution in [1.29, 1.82) is 0 Å². The molecule has 0 unspecified atom stereocenters. The van der Waals surface area contributed by atoms with Crippen molar-refractivity contribution in [2.75, 3.05) is 18.8 Å². The third-order valence-corrected chi connectivity index (χ3v) is 6.75. The molecule has 0 aliphatic carbocycles. The third kappa shape index (κ3) is 3.53. The molecule has 1 amide bonds. The molecule has 0 bridgehead atoms. The van der Waals surface area contributed by atoms with Crippen LogP contribution in [0.2, 0.25) is 0 Å². The van der Waals surface area contributed by atoms with Crippen molar-refractivity contribution in [3.63, 3.8) is 0 Å². The van der Waals surface area contributed by atoms with Crippen molar-refractivity contribution in [2.45, 2.75) is 31.5 Å². The second-order valence-electron chi connectivity index (χ2n) is 6.51. The Bertz CT molecular complexity index is 1020. The SMILES string of the molecule is CCn1c(SCC(=O)N2CCCC2)nc2c(-c3ccccc3)csc2c1=O. The fourth-order valence-corrected chi connectivity index (χ4v) is 5.30. The highest BCUT2D eigenvalue weighted by atomic mass is 32.2.